The van der Waals surface area contributed by atoms with Crippen molar-refractivity contribution in [1.82, 2.24) is 15.3 Å². The molecule has 2 aromatic rings. The third kappa shape index (κ3) is 3.67. The Bertz CT molecular complexity index is 933. The van der Waals surface area contributed by atoms with Crippen LogP contribution in [0.4, 0.5) is 0 Å². The zero-order valence-electron chi connectivity index (χ0n) is 13.2. The fraction of sp³-hybridized carbons (Fsp3) is 0.267. The Kier molecular flexibility index (Phi) is 4.78. The number of fused-ring (bicyclic) bond motifs is 1. The smallest absolute Gasteiger partial charge is 0.271 e. The van der Waals surface area contributed by atoms with Gasteiger partial charge in [-0.25, -0.2) is 18.4 Å². The van der Waals surface area contributed by atoms with E-state index in [2.05, 4.69) is 15.3 Å². The molecule has 0 radical (unpaired) electrons. The van der Waals surface area contributed by atoms with Gasteiger partial charge in [0.25, 0.3) is 5.91 Å². The van der Waals surface area contributed by atoms with Crippen molar-refractivity contribution in [1.29, 1.82) is 0 Å². The minimum atomic E-state index is -3.64. The molecule has 0 saturated heterocycles. The Balaban J connectivity index is 1.76. The lowest BCUT2D eigenvalue weighted by atomic mass is 10.2. The van der Waals surface area contributed by atoms with E-state index in [1.165, 1.54) is 6.92 Å². The van der Waals surface area contributed by atoms with Crippen molar-refractivity contribution < 1.29 is 22.7 Å². The van der Waals surface area contributed by atoms with Crippen LogP contribution in [-0.4, -0.2) is 36.8 Å². The summed E-state index contributed by atoms with van der Waals surface area (Å²) in [6, 6.07) is 5.27. The molecule has 2 heterocycles. The monoisotopic (exact) mass is 383 g/mol. The van der Waals surface area contributed by atoms with E-state index in [4.69, 9.17) is 21.1 Å². The highest BCUT2D eigenvalue weighted by Crippen LogP contribution is 2.32. The number of nitrogens with zero attached hydrogens (tertiary/aromatic N) is 2. The highest BCUT2D eigenvalue weighted by atomic mass is 35.5. The molecule has 1 amide bonds. The van der Waals surface area contributed by atoms with Gasteiger partial charge in [-0.1, -0.05) is 24.6 Å². The molecule has 1 aromatic heterocycles. The van der Waals surface area contributed by atoms with E-state index >= 15 is 0 Å². The second-order valence-electron chi connectivity index (χ2n) is 5.12. The van der Waals surface area contributed by atoms with E-state index in [-0.39, 0.29) is 29.8 Å². The first kappa shape index (κ1) is 17.4. The Morgan fingerprint density at radius 3 is 2.84 bits per heavy atom. The van der Waals surface area contributed by atoms with Crippen LogP contribution in [0.1, 0.15) is 23.0 Å². The van der Waals surface area contributed by atoms with E-state index in [9.17, 15) is 13.2 Å². The second kappa shape index (κ2) is 6.85. The predicted molar refractivity (Wildman–Crippen MR) is 88.5 cm³/mol. The Morgan fingerprint density at radius 2 is 2.08 bits per heavy atom. The number of hydrogen-bond acceptors (Lipinski definition) is 7. The van der Waals surface area contributed by atoms with Crippen LogP contribution in [0.5, 0.6) is 11.5 Å². The number of nitrogens with one attached hydrogen (secondary N) is 1. The lowest BCUT2D eigenvalue weighted by Crippen LogP contribution is -2.25. The number of aromatic nitrogens is 2. The van der Waals surface area contributed by atoms with Crippen LogP contribution in [0.3, 0.4) is 0 Å². The average molecular weight is 384 g/mol. The number of halogens is 1. The molecular formula is C15H14ClN3O5S. The van der Waals surface area contributed by atoms with Gasteiger partial charge in [0.05, 0.1) is 17.0 Å². The highest BCUT2D eigenvalue weighted by molar-refractivity contribution is 7.91. The number of amides is 1. The van der Waals surface area contributed by atoms with Crippen LogP contribution < -0.4 is 14.8 Å². The second-order valence-corrected chi connectivity index (χ2v) is 7.70. The van der Waals surface area contributed by atoms with Gasteiger partial charge in [-0.15, -0.1) is 0 Å². The summed E-state index contributed by atoms with van der Waals surface area (Å²) in [5, 5.41) is 2.19. The highest BCUT2D eigenvalue weighted by Gasteiger charge is 2.21. The molecule has 0 saturated carbocycles. The molecule has 0 aliphatic carbocycles. The molecule has 0 bridgehead atoms. The van der Waals surface area contributed by atoms with Crippen molar-refractivity contribution in [3.63, 3.8) is 0 Å². The van der Waals surface area contributed by atoms with Crippen molar-refractivity contribution >= 4 is 27.3 Å². The van der Waals surface area contributed by atoms with Crippen LogP contribution >= 0.6 is 11.6 Å². The van der Waals surface area contributed by atoms with Gasteiger partial charge in [0, 0.05) is 6.54 Å². The van der Waals surface area contributed by atoms with Gasteiger partial charge < -0.3 is 14.8 Å². The molecular weight excluding hydrogens is 370 g/mol. The van der Waals surface area contributed by atoms with Gasteiger partial charge in [0.15, 0.2) is 17.2 Å². The van der Waals surface area contributed by atoms with Crippen LogP contribution in [0.25, 0.3) is 0 Å². The van der Waals surface area contributed by atoms with Crippen molar-refractivity contribution in [3.8, 4) is 11.5 Å². The molecule has 25 heavy (non-hydrogen) atoms. The SMILES string of the molecule is CCS(=O)(=O)c1ncc(Cl)c(C(=O)NCc2ccc3c(c2)OCO3)n1. The van der Waals surface area contributed by atoms with Crippen molar-refractivity contribution in [2.45, 2.75) is 18.6 Å². The first-order valence-corrected chi connectivity index (χ1v) is 9.36. The first-order chi connectivity index (χ1) is 11.9. The van der Waals surface area contributed by atoms with Crippen molar-refractivity contribution in [2.75, 3.05) is 12.5 Å². The average Bonchev–Trinajstić information content (AvgIpc) is 3.07. The lowest BCUT2D eigenvalue weighted by Gasteiger charge is -2.08. The first-order valence-electron chi connectivity index (χ1n) is 7.32. The number of carbonyl (C=O) groups is 1. The fourth-order valence-electron chi connectivity index (χ4n) is 2.11. The van der Waals surface area contributed by atoms with Crippen LogP contribution in [0, 0.1) is 0 Å². The van der Waals surface area contributed by atoms with Crippen LogP contribution in [0.2, 0.25) is 5.02 Å². The number of sulfone groups is 1. The Labute approximate surface area is 149 Å². The molecule has 8 nitrogen and oxygen atoms in total. The number of benzene rings is 1. The van der Waals surface area contributed by atoms with E-state index in [1.54, 1.807) is 18.2 Å². The molecule has 132 valence electrons. The quantitative estimate of drug-likeness (QED) is 0.781. The maximum Gasteiger partial charge on any atom is 0.271 e. The van der Waals surface area contributed by atoms with Gasteiger partial charge in [-0.05, 0) is 17.7 Å². The van der Waals surface area contributed by atoms with E-state index in [1.807, 2.05) is 0 Å². The summed E-state index contributed by atoms with van der Waals surface area (Å²) in [5.41, 5.74) is 0.591. The van der Waals surface area contributed by atoms with Gasteiger partial charge >= 0.3 is 0 Å². The van der Waals surface area contributed by atoms with Crippen LogP contribution in [-0.2, 0) is 16.4 Å². The normalized spacial score (nSPS) is 12.9. The fourth-order valence-corrected chi connectivity index (χ4v) is 2.98. The summed E-state index contributed by atoms with van der Waals surface area (Å²) < 4.78 is 34.2. The summed E-state index contributed by atoms with van der Waals surface area (Å²) in [6.45, 7) is 1.81. The molecule has 1 aliphatic rings. The van der Waals surface area contributed by atoms with Gasteiger partial charge in [-0.3, -0.25) is 4.79 Å². The standard InChI is InChI=1S/C15H14ClN3O5S/c1-2-25(21,22)15-18-7-10(16)13(19-15)14(20)17-6-9-3-4-11-12(5-9)24-8-23-11/h3-5,7H,2,6,8H2,1H3,(H,17,20). The van der Waals surface area contributed by atoms with Gasteiger partial charge in [0.2, 0.25) is 21.8 Å². The lowest BCUT2D eigenvalue weighted by molar-refractivity contribution is 0.0945. The Morgan fingerprint density at radius 1 is 1.32 bits per heavy atom. The summed E-state index contributed by atoms with van der Waals surface area (Å²) in [6.07, 6.45) is 1.10. The molecule has 0 fully saturated rings. The molecule has 0 unspecified atom stereocenters. The van der Waals surface area contributed by atoms with Gasteiger partial charge in [0.1, 0.15) is 0 Å². The molecule has 1 aliphatic heterocycles. The van der Waals surface area contributed by atoms with E-state index in [0.717, 1.165) is 11.8 Å². The molecule has 1 N–H and O–H groups in total. The number of carbonyl (C=O) groups excluding carboxylic acids is 1. The molecule has 0 atom stereocenters. The third-order valence-electron chi connectivity index (χ3n) is 3.49. The summed E-state index contributed by atoms with van der Waals surface area (Å²) in [4.78, 5) is 19.8. The van der Waals surface area contributed by atoms with Gasteiger partial charge in [-0.2, -0.15) is 0 Å². The molecule has 3 rings (SSSR count). The van der Waals surface area contributed by atoms with Crippen molar-refractivity contribution in [3.05, 3.63) is 40.7 Å². The van der Waals surface area contributed by atoms with E-state index < -0.39 is 20.9 Å². The number of hydrogen-bond donors (Lipinski definition) is 1. The molecule has 0 spiro atoms. The summed E-state index contributed by atoms with van der Waals surface area (Å²) in [5.74, 6) is 0.469. The molecule has 10 heteroatoms. The Hall–Kier alpha value is -2.39. The number of ether oxygens (including phenoxy) is 2. The van der Waals surface area contributed by atoms with Crippen LogP contribution in [0.15, 0.2) is 29.6 Å². The largest absolute Gasteiger partial charge is 0.454 e. The maximum absolute atomic E-state index is 12.3. The zero-order valence-corrected chi connectivity index (χ0v) is 14.7. The van der Waals surface area contributed by atoms with Crippen molar-refractivity contribution in [2.24, 2.45) is 0 Å². The minimum absolute atomic E-state index is 0.0294. The predicted octanol–water partition coefficient (Wildman–Crippen LogP) is 1.58. The topological polar surface area (TPSA) is 107 Å². The summed E-state index contributed by atoms with van der Waals surface area (Å²) >= 11 is 5.93. The summed E-state index contributed by atoms with van der Waals surface area (Å²) in [7, 11) is -3.64. The molecule has 1 aromatic carbocycles. The minimum Gasteiger partial charge on any atom is -0.454 e. The zero-order chi connectivity index (χ0) is 18.0. The third-order valence-corrected chi connectivity index (χ3v) is 5.28. The number of rotatable bonds is 5. The van der Waals surface area contributed by atoms with E-state index in [0.29, 0.717) is 11.5 Å². The maximum atomic E-state index is 12.3.